The summed E-state index contributed by atoms with van der Waals surface area (Å²) in [5, 5.41) is 3.70. The third kappa shape index (κ3) is 2.80. The molecule has 0 aliphatic carbocycles. The molecule has 0 unspecified atom stereocenters. The zero-order valence-electron chi connectivity index (χ0n) is 9.96. The summed E-state index contributed by atoms with van der Waals surface area (Å²) >= 11 is 6.11. The second kappa shape index (κ2) is 5.23. The van der Waals surface area contributed by atoms with Crippen molar-refractivity contribution in [1.29, 1.82) is 0 Å². The maximum Gasteiger partial charge on any atom is 0.294 e. The third-order valence-corrected chi connectivity index (χ3v) is 3.06. The van der Waals surface area contributed by atoms with Crippen LogP contribution in [0.15, 0.2) is 28.7 Å². The highest BCUT2D eigenvalue weighted by Crippen LogP contribution is 2.19. The van der Waals surface area contributed by atoms with Crippen LogP contribution in [0.4, 0.5) is 6.01 Å². The largest absolute Gasteiger partial charge is 0.429 e. The summed E-state index contributed by atoms with van der Waals surface area (Å²) < 4.78 is 5.43. The summed E-state index contributed by atoms with van der Waals surface area (Å²) in [6.45, 7) is 1.93. The Morgan fingerprint density at radius 2 is 2.06 bits per heavy atom. The van der Waals surface area contributed by atoms with E-state index in [4.69, 9.17) is 16.0 Å². The maximum absolute atomic E-state index is 6.11. The summed E-state index contributed by atoms with van der Waals surface area (Å²) in [6.07, 6.45) is 1.71. The van der Waals surface area contributed by atoms with Crippen LogP contribution in [0.2, 0.25) is 5.02 Å². The van der Waals surface area contributed by atoms with Crippen molar-refractivity contribution in [2.24, 2.45) is 0 Å². The number of hydrogen-bond donors (Lipinski definition) is 1. The van der Waals surface area contributed by atoms with Gasteiger partial charge in [0.25, 0.3) is 6.01 Å². The monoisotopic (exact) mass is 250 g/mol. The van der Waals surface area contributed by atoms with E-state index in [1.54, 1.807) is 7.05 Å². The number of benzene rings is 1. The van der Waals surface area contributed by atoms with Crippen LogP contribution in [0.1, 0.15) is 17.0 Å². The third-order valence-electron chi connectivity index (χ3n) is 2.70. The predicted molar refractivity (Wildman–Crippen MR) is 69.6 cm³/mol. The van der Waals surface area contributed by atoms with Gasteiger partial charge in [-0.3, -0.25) is 0 Å². The smallest absolute Gasteiger partial charge is 0.294 e. The van der Waals surface area contributed by atoms with E-state index in [1.807, 2.05) is 31.2 Å². The molecule has 17 heavy (non-hydrogen) atoms. The van der Waals surface area contributed by atoms with Gasteiger partial charge in [0.1, 0.15) is 5.76 Å². The molecule has 1 heterocycles. The molecule has 4 heteroatoms. The van der Waals surface area contributed by atoms with Gasteiger partial charge in [0.05, 0.1) is 5.69 Å². The molecule has 0 amide bonds. The van der Waals surface area contributed by atoms with Crippen LogP contribution in [-0.4, -0.2) is 12.0 Å². The van der Waals surface area contributed by atoms with Gasteiger partial charge in [-0.2, -0.15) is 4.98 Å². The van der Waals surface area contributed by atoms with Gasteiger partial charge >= 0.3 is 0 Å². The molecule has 1 aromatic carbocycles. The lowest BCUT2D eigenvalue weighted by molar-refractivity contribution is 0.540. The Morgan fingerprint density at radius 3 is 2.71 bits per heavy atom. The van der Waals surface area contributed by atoms with E-state index in [0.717, 1.165) is 34.9 Å². The van der Waals surface area contributed by atoms with E-state index in [2.05, 4.69) is 10.3 Å². The van der Waals surface area contributed by atoms with Crippen molar-refractivity contribution >= 4 is 17.6 Å². The van der Waals surface area contributed by atoms with Gasteiger partial charge in [-0.25, -0.2) is 0 Å². The van der Waals surface area contributed by atoms with Crippen molar-refractivity contribution in [2.75, 3.05) is 12.4 Å². The SMILES string of the molecule is CNc1nc(CCc2ccccc2Cl)c(C)o1. The Morgan fingerprint density at radius 1 is 1.29 bits per heavy atom. The Hall–Kier alpha value is -1.48. The number of nitrogens with one attached hydrogen (secondary N) is 1. The second-order valence-electron chi connectivity index (χ2n) is 3.86. The Bertz CT molecular complexity index is 508. The van der Waals surface area contributed by atoms with Crippen LogP contribution in [-0.2, 0) is 12.8 Å². The zero-order valence-corrected chi connectivity index (χ0v) is 10.7. The van der Waals surface area contributed by atoms with E-state index >= 15 is 0 Å². The van der Waals surface area contributed by atoms with Crippen LogP contribution in [0.5, 0.6) is 0 Å². The van der Waals surface area contributed by atoms with Gasteiger partial charge in [0.15, 0.2) is 0 Å². The summed E-state index contributed by atoms with van der Waals surface area (Å²) in [7, 11) is 1.79. The number of hydrogen-bond acceptors (Lipinski definition) is 3. The van der Waals surface area contributed by atoms with E-state index in [-0.39, 0.29) is 0 Å². The number of oxazole rings is 1. The van der Waals surface area contributed by atoms with E-state index < -0.39 is 0 Å². The molecule has 0 saturated carbocycles. The lowest BCUT2D eigenvalue weighted by Crippen LogP contribution is -1.95. The molecule has 0 aliphatic rings. The molecule has 0 saturated heterocycles. The van der Waals surface area contributed by atoms with Crippen LogP contribution in [0, 0.1) is 6.92 Å². The van der Waals surface area contributed by atoms with Gasteiger partial charge in [0, 0.05) is 12.1 Å². The number of aromatic nitrogens is 1. The molecule has 3 nitrogen and oxygen atoms in total. The molecule has 90 valence electrons. The van der Waals surface area contributed by atoms with Crippen LogP contribution in [0.3, 0.4) is 0 Å². The normalized spacial score (nSPS) is 10.5. The van der Waals surface area contributed by atoms with Gasteiger partial charge in [-0.1, -0.05) is 29.8 Å². The summed E-state index contributed by atoms with van der Waals surface area (Å²) in [5.74, 6) is 0.862. The molecule has 0 fully saturated rings. The Kier molecular flexibility index (Phi) is 3.69. The van der Waals surface area contributed by atoms with Crippen molar-refractivity contribution in [2.45, 2.75) is 19.8 Å². The van der Waals surface area contributed by atoms with Crippen LogP contribution < -0.4 is 5.32 Å². The molecular formula is C13H15ClN2O. The number of rotatable bonds is 4. The fourth-order valence-corrected chi connectivity index (χ4v) is 1.95. The quantitative estimate of drug-likeness (QED) is 0.903. The number of anilines is 1. The van der Waals surface area contributed by atoms with Crippen molar-refractivity contribution < 1.29 is 4.42 Å². The molecule has 2 aromatic rings. The van der Waals surface area contributed by atoms with Gasteiger partial charge in [0.2, 0.25) is 0 Å². The van der Waals surface area contributed by atoms with Crippen molar-refractivity contribution in [1.82, 2.24) is 4.98 Å². The number of aryl methyl sites for hydroxylation is 3. The molecule has 2 rings (SSSR count). The fraction of sp³-hybridized carbons (Fsp3) is 0.308. The first-order valence-electron chi connectivity index (χ1n) is 5.58. The highest BCUT2D eigenvalue weighted by atomic mass is 35.5. The first-order valence-corrected chi connectivity index (χ1v) is 5.96. The zero-order chi connectivity index (χ0) is 12.3. The molecular weight excluding hydrogens is 236 g/mol. The Balaban J connectivity index is 2.07. The second-order valence-corrected chi connectivity index (χ2v) is 4.27. The molecule has 0 spiro atoms. The van der Waals surface area contributed by atoms with Gasteiger partial charge < -0.3 is 9.73 Å². The highest BCUT2D eigenvalue weighted by Gasteiger charge is 2.09. The molecule has 0 atom stereocenters. The van der Waals surface area contributed by atoms with Crippen molar-refractivity contribution in [3.8, 4) is 0 Å². The highest BCUT2D eigenvalue weighted by molar-refractivity contribution is 6.31. The summed E-state index contributed by atoms with van der Waals surface area (Å²) in [5.41, 5.74) is 2.12. The summed E-state index contributed by atoms with van der Waals surface area (Å²) in [4.78, 5) is 4.35. The van der Waals surface area contributed by atoms with Gasteiger partial charge in [-0.05, 0) is 31.4 Å². The molecule has 1 N–H and O–H groups in total. The molecule has 0 radical (unpaired) electrons. The fourth-order valence-electron chi connectivity index (χ4n) is 1.72. The first-order chi connectivity index (χ1) is 8.20. The molecule has 0 aliphatic heterocycles. The van der Waals surface area contributed by atoms with Crippen LogP contribution >= 0.6 is 11.6 Å². The van der Waals surface area contributed by atoms with E-state index in [1.165, 1.54) is 0 Å². The topological polar surface area (TPSA) is 38.1 Å². The standard InChI is InChI=1S/C13H15ClN2O/c1-9-12(16-13(15-2)17-9)8-7-10-5-3-4-6-11(10)14/h3-6H,7-8H2,1-2H3,(H,15,16). The van der Waals surface area contributed by atoms with E-state index in [0.29, 0.717) is 6.01 Å². The first kappa shape index (κ1) is 12.0. The summed E-state index contributed by atoms with van der Waals surface area (Å²) in [6, 6.07) is 8.45. The lowest BCUT2D eigenvalue weighted by atomic mass is 10.1. The maximum atomic E-state index is 6.11. The minimum atomic E-state index is 0.566. The number of nitrogens with zero attached hydrogens (tertiary/aromatic N) is 1. The van der Waals surface area contributed by atoms with Crippen LogP contribution in [0.25, 0.3) is 0 Å². The van der Waals surface area contributed by atoms with E-state index in [9.17, 15) is 0 Å². The predicted octanol–water partition coefficient (Wildman–Crippen LogP) is 3.46. The Labute approximate surface area is 106 Å². The lowest BCUT2D eigenvalue weighted by Gasteiger charge is -2.02. The molecule has 0 bridgehead atoms. The minimum absolute atomic E-state index is 0.566. The van der Waals surface area contributed by atoms with Crippen molar-refractivity contribution in [3.05, 3.63) is 46.3 Å². The van der Waals surface area contributed by atoms with Crippen molar-refractivity contribution in [3.63, 3.8) is 0 Å². The molecule has 1 aromatic heterocycles. The average Bonchev–Trinajstić information content (AvgIpc) is 2.69. The minimum Gasteiger partial charge on any atom is -0.429 e. The van der Waals surface area contributed by atoms with Gasteiger partial charge in [-0.15, -0.1) is 0 Å². The number of halogens is 1. The average molecular weight is 251 g/mol.